The molecule has 1 fully saturated rings. The molecule has 1 aromatic heterocycles. The lowest BCUT2D eigenvalue weighted by molar-refractivity contribution is -0.130. The van der Waals surface area contributed by atoms with Gasteiger partial charge in [-0.3, -0.25) is 14.4 Å². The first-order chi connectivity index (χ1) is 13.9. The Hall–Kier alpha value is -2.87. The summed E-state index contributed by atoms with van der Waals surface area (Å²) in [4.78, 5) is 40.5. The summed E-state index contributed by atoms with van der Waals surface area (Å²) >= 11 is 1.44. The molecule has 7 nitrogen and oxygen atoms in total. The topological polar surface area (TPSA) is 79.0 Å². The van der Waals surface area contributed by atoms with E-state index in [4.69, 9.17) is 4.74 Å². The predicted molar refractivity (Wildman–Crippen MR) is 112 cm³/mol. The molecule has 154 valence electrons. The highest BCUT2D eigenvalue weighted by atomic mass is 32.1. The van der Waals surface area contributed by atoms with Gasteiger partial charge in [0.25, 0.3) is 11.8 Å². The summed E-state index contributed by atoms with van der Waals surface area (Å²) in [5, 5.41) is 4.82. The highest BCUT2D eigenvalue weighted by Gasteiger charge is 2.28. The molecular formula is C21H25N3O4S. The van der Waals surface area contributed by atoms with Gasteiger partial charge in [0.2, 0.25) is 5.91 Å². The summed E-state index contributed by atoms with van der Waals surface area (Å²) in [6, 6.07) is 10.7. The summed E-state index contributed by atoms with van der Waals surface area (Å²) < 4.78 is 5.43. The van der Waals surface area contributed by atoms with Gasteiger partial charge in [-0.05, 0) is 48.6 Å². The molecule has 2 heterocycles. The molecule has 0 atom stereocenters. The summed E-state index contributed by atoms with van der Waals surface area (Å²) in [7, 11) is 3.35. The van der Waals surface area contributed by atoms with Gasteiger partial charge in [-0.1, -0.05) is 6.07 Å². The monoisotopic (exact) mass is 415 g/mol. The van der Waals surface area contributed by atoms with Crippen LogP contribution in [0.5, 0.6) is 5.75 Å². The fourth-order valence-electron chi connectivity index (χ4n) is 3.05. The number of thiophene rings is 1. The lowest BCUT2D eigenvalue weighted by atomic mass is 9.95. The second-order valence-corrected chi connectivity index (χ2v) is 8.08. The molecule has 29 heavy (non-hydrogen) atoms. The van der Waals surface area contributed by atoms with Gasteiger partial charge in [0, 0.05) is 38.8 Å². The zero-order valence-corrected chi connectivity index (χ0v) is 17.4. The minimum atomic E-state index is -0.119. The Kier molecular flexibility index (Phi) is 6.87. The van der Waals surface area contributed by atoms with Crippen molar-refractivity contribution in [2.45, 2.75) is 12.8 Å². The van der Waals surface area contributed by atoms with Crippen LogP contribution in [0.4, 0.5) is 5.69 Å². The van der Waals surface area contributed by atoms with E-state index in [0.717, 1.165) is 4.88 Å². The van der Waals surface area contributed by atoms with Gasteiger partial charge in [-0.25, -0.2) is 0 Å². The molecule has 3 rings (SSSR count). The van der Waals surface area contributed by atoms with E-state index < -0.39 is 0 Å². The lowest BCUT2D eigenvalue weighted by Crippen LogP contribution is -2.41. The van der Waals surface area contributed by atoms with Crippen LogP contribution in [0.2, 0.25) is 0 Å². The number of nitrogens with zero attached hydrogens (tertiary/aromatic N) is 2. The van der Waals surface area contributed by atoms with E-state index in [-0.39, 0.29) is 30.2 Å². The third-order valence-electron chi connectivity index (χ3n) is 4.87. The van der Waals surface area contributed by atoms with Crippen LogP contribution >= 0.6 is 11.3 Å². The average Bonchev–Trinajstić information content (AvgIpc) is 3.27. The number of rotatable bonds is 6. The van der Waals surface area contributed by atoms with Crippen LogP contribution in [-0.2, 0) is 9.59 Å². The van der Waals surface area contributed by atoms with Crippen LogP contribution in [-0.4, -0.2) is 61.3 Å². The molecule has 0 unspecified atom stereocenters. The maximum absolute atomic E-state index is 12.6. The number of amides is 3. The minimum absolute atomic E-state index is 0.0263. The Bertz CT molecular complexity index is 841. The predicted octanol–water partition coefficient (Wildman–Crippen LogP) is 2.71. The number of benzene rings is 1. The van der Waals surface area contributed by atoms with Crippen LogP contribution in [0.1, 0.15) is 22.5 Å². The third-order valence-corrected chi connectivity index (χ3v) is 5.73. The van der Waals surface area contributed by atoms with Gasteiger partial charge in [0.05, 0.1) is 4.88 Å². The van der Waals surface area contributed by atoms with Crippen LogP contribution in [0, 0.1) is 5.92 Å². The molecule has 1 saturated heterocycles. The van der Waals surface area contributed by atoms with E-state index in [1.807, 2.05) is 22.4 Å². The quantitative estimate of drug-likeness (QED) is 0.787. The van der Waals surface area contributed by atoms with Crippen LogP contribution < -0.4 is 10.1 Å². The van der Waals surface area contributed by atoms with Crippen molar-refractivity contribution < 1.29 is 19.1 Å². The van der Waals surface area contributed by atoms with E-state index in [1.165, 1.54) is 16.2 Å². The molecule has 1 aliphatic heterocycles. The SMILES string of the molecule is CN(C)C(=O)COc1ccc(NC(=O)C2CCN(C(=O)c3cccs3)CC2)cc1. The lowest BCUT2D eigenvalue weighted by Gasteiger charge is -2.31. The summed E-state index contributed by atoms with van der Waals surface area (Å²) in [5.74, 6) is 0.341. The largest absolute Gasteiger partial charge is 0.484 e. The van der Waals surface area contributed by atoms with Crippen LogP contribution in [0.25, 0.3) is 0 Å². The minimum Gasteiger partial charge on any atom is -0.484 e. The number of hydrogen-bond acceptors (Lipinski definition) is 5. The highest BCUT2D eigenvalue weighted by molar-refractivity contribution is 7.12. The Balaban J connectivity index is 1.46. The first kappa shape index (κ1) is 20.9. The number of piperidine rings is 1. The fourth-order valence-corrected chi connectivity index (χ4v) is 3.74. The van der Waals surface area contributed by atoms with Gasteiger partial charge in [0.1, 0.15) is 5.75 Å². The van der Waals surface area contributed by atoms with E-state index in [2.05, 4.69) is 5.32 Å². The van der Waals surface area contributed by atoms with Gasteiger partial charge in [-0.2, -0.15) is 0 Å². The van der Waals surface area contributed by atoms with Crippen molar-refractivity contribution in [1.82, 2.24) is 9.80 Å². The summed E-state index contributed by atoms with van der Waals surface area (Å²) in [6.07, 6.45) is 1.30. The molecule has 0 aliphatic carbocycles. The number of anilines is 1. The van der Waals surface area contributed by atoms with E-state index in [1.54, 1.807) is 38.4 Å². The molecule has 2 aromatic rings. The van der Waals surface area contributed by atoms with Crippen LogP contribution in [0.15, 0.2) is 41.8 Å². The molecule has 1 N–H and O–H groups in total. The van der Waals surface area contributed by atoms with Crippen molar-refractivity contribution in [2.24, 2.45) is 5.92 Å². The second-order valence-electron chi connectivity index (χ2n) is 7.13. The van der Waals surface area contributed by atoms with Crippen LogP contribution in [0.3, 0.4) is 0 Å². The number of nitrogens with one attached hydrogen (secondary N) is 1. The van der Waals surface area contributed by atoms with Gasteiger partial charge < -0.3 is 19.9 Å². The standard InChI is InChI=1S/C21H25N3O4S/c1-23(2)19(25)14-28-17-7-5-16(6-8-17)22-20(26)15-9-11-24(12-10-15)21(27)18-4-3-13-29-18/h3-8,13,15H,9-12,14H2,1-2H3,(H,22,26). The molecule has 3 amide bonds. The van der Waals surface area contributed by atoms with Gasteiger partial charge in [-0.15, -0.1) is 11.3 Å². The number of likely N-dealkylation sites (N-methyl/N-ethyl adjacent to an activating group) is 1. The molecule has 1 aliphatic rings. The molecule has 0 bridgehead atoms. The first-order valence-corrected chi connectivity index (χ1v) is 10.4. The van der Waals surface area contributed by atoms with E-state index >= 15 is 0 Å². The third kappa shape index (κ3) is 5.57. The smallest absolute Gasteiger partial charge is 0.263 e. The average molecular weight is 416 g/mol. The molecule has 8 heteroatoms. The molecule has 0 spiro atoms. The van der Waals surface area contributed by atoms with Crippen molar-refractivity contribution in [3.8, 4) is 5.75 Å². The Morgan fingerprint density at radius 3 is 2.41 bits per heavy atom. The zero-order valence-electron chi connectivity index (χ0n) is 16.6. The normalized spacial score (nSPS) is 14.3. The fraction of sp³-hybridized carbons (Fsp3) is 0.381. The number of carbonyl (C=O) groups excluding carboxylic acids is 3. The van der Waals surface area contributed by atoms with Gasteiger partial charge in [0.15, 0.2) is 6.61 Å². The van der Waals surface area contributed by atoms with Crippen molar-refractivity contribution in [1.29, 1.82) is 0 Å². The maximum atomic E-state index is 12.6. The molecular weight excluding hydrogens is 390 g/mol. The summed E-state index contributed by atoms with van der Waals surface area (Å²) in [6.45, 7) is 1.14. The molecule has 1 aromatic carbocycles. The summed E-state index contributed by atoms with van der Waals surface area (Å²) in [5.41, 5.74) is 0.679. The van der Waals surface area contributed by atoms with Crippen molar-refractivity contribution in [3.05, 3.63) is 46.7 Å². The number of carbonyl (C=O) groups is 3. The van der Waals surface area contributed by atoms with Crippen molar-refractivity contribution >= 4 is 34.7 Å². The van der Waals surface area contributed by atoms with E-state index in [0.29, 0.717) is 37.4 Å². The Labute approximate surface area is 174 Å². The second kappa shape index (κ2) is 9.56. The van der Waals surface area contributed by atoms with Gasteiger partial charge >= 0.3 is 0 Å². The Morgan fingerprint density at radius 2 is 1.83 bits per heavy atom. The van der Waals surface area contributed by atoms with E-state index in [9.17, 15) is 14.4 Å². The molecule has 0 saturated carbocycles. The maximum Gasteiger partial charge on any atom is 0.263 e. The highest BCUT2D eigenvalue weighted by Crippen LogP contribution is 2.23. The first-order valence-electron chi connectivity index (χ1n) is 9.50. The number of hydrogen-bond donors (Lipinski definition) is 1. The van der Waals surface area contributed by atoms with Crippen molar-refractivity contribution in [3.63, 3.8) is 0 Å². The Morgan fingerprint density at radius 1 is 1.14 bits per heavy atom. The molecule has 0 radical (unpaired) electrons. The number of likely N-dealkylation sites (tertiary alicyclic amines) is 1. The zero-order chi connectivity index (χ0) is 20.8. The number of ether oxygens (including phenoxy) is 1. The van der Waals surface area contributed by atoms with Crippen molar-refractivity contribution in [2.75, 3.05) is 39.1 Å².